The van der Waals surface area contributed by atoms with Crippen LogP contribution in [0.25, 0.3) is 20.7 Å². The van der Waals surface area contributed by atoms with Gasteiger partial charge in [-0.15, -0.1) is 11.3 Å². The molecular formula is C16H16ClN3OS. The molecule has 0 aliphatic heterocycles. The Bertz CT molecular complexity index is 772. The van der Waals surface area contributed by atoms with Crippen LogP contribution < -0.4 is 5.32 Å². The molecular weight excluding hydrogens is 318 g/mol. The number of fused-ring (bicyclic) bond motifs is 1. The molecule has 2 aromatic heterocycles. The molecule has 4 nitrogen and oxygen atoms in total. The average Bonchev–Trinajstić information content (AvgIpc) is 2.97. The van der Waals surface area contributed by atoms with Crippen molar-refractivity contribution in [2.45, 2.75) is 19.4 Å². The summed E-state index contributed by atoms with van der Waals surface area (Å²) in [5.74, 6) is 0.675. The Morgan fingerprint density at radius 3 is 2.73 bits per heavy atom. The third-order valence-electron chi connectivity index (χ3n) is 3.48. The summed E-state index contributed by atoms with van der Waals surface area (Å²) in [6, 6.07) is 12.2. The molecule has 0 spiro atoms. The lowest BCUT2D eigenvalue weighted by atomic mass is 10.2. The molecule has 1 aromatic carbocycles. The molecule has 114 valence electrons. The van der Waals surface area contributed by atoms with Crippen molar-refractivity contribution in [3.05, 3.63) is 41.7 Å². The van der Waals surface area contributed by atoms with E-state index in [9.17, 15) is 5.11 Å². The monoisotopic (exact) mass is 333 g/mol. The van der Waals surface area contributed by atoms with Gasteiger partial charge in [-0.3, -0.25) is 0 Å². The van der Waals surface area contributed by atoms with Gasteiger partial charge in [0.05, 0.1) is 18.0 Å². The normalized spacial score (nSPS) is 12.5. The molecule has 0 aliphatic carbocycles. The lowest BCUT2D eigenvalue weighted by molar-refractivity contribution is 0.271. The summed E-state index contributed by atoms with van der Waals surface area (Å²) in [7, 11) is 0. The van der Waals surface area contributed by atoms with Gasteiger partial charge < -0.3 is 10.4 Å². The zero-order valence-electron chi connectivity index (χ0n) is 12.1. The highest BCUT2D eigenvalue weighted by molar-refractivity contribution is 7.22. The highest BCUT2D eigenvalue weighted by atomic mass is 35.5. The number of hydrogen-bond donors (Lipinski definition) is 2. The minimum Gasteiger partial charge on any atom is -0.394 e. The van der Waals surface area contributed by atoms with E-state index in [1.54, 1.807) is 11.3 Å². The summed E-state index contributed by atoms with van der Waals surface area (Å²) in [6.07, 6.45) is 0.801. The maximum Gasteiger partial charge on any atom is 0.225 e. The predicted octanol–water partition coefficient (Wildman–Crippen LogP) is 4.19. The van der Waals surface area contributed by atoms with Gasteiger partial charge >= 0.3 is 0 Å². The maximum atomic E-state index is 9.38. The summed E-state index contributed by atoms with van der Waals surface area (Å²) in [5, 5.41) is 13.8. The number of aromatic nitrogens is 2. The highest BCUT2D eigenvalue weighted by Gasteiger charge is 2.14. The molecule has 0 aliphatic rings. The molecule has 0 saturated heterocycles. The molecule has 0 amide bonds. The molecule has 6 heteroatoms. The average molecular weight is 334 g/mol. The summed E-state index contributed by atoms with van der Waals surface area (Å²) in [4.78, 5) is 10.6. The quantitative estimate of drug-likeness (QED) is 0.687. The van der Waals surface area contributed by atoms with E-state index >= 15 is 0 Å². The third-order valence-corrected chi connectivity index (χ3v) is 4.72. The molecule has 0 bridgehead atoms. The number of nitrogens with zero attached hydrogens (tertiary/aromatic N) is 2. The third kappa shape index (κ3) is 3.06. The Labute approximate surface area is 137 Å². The largest absolute Gasteiger partial charge is 0.394 e. The molecule has 1 unspecified atom stereocenters. The molecule has 22 heavy (non-hydrogen) atoms. The Balaban J connectivity index is 2.07. The lowest BCUT2D eigenvalue weighted by Crippen LogP contribution is -2.23. The molecule has 3 rings (SSSR count). The van der Waals surface area contributed by atoms with Crippen LogP contribution in [-0.2, 0) is 0 Å². The van der Waals surface area contributed by atoms with Crippen LogP contribution in [0.5, 0.6) is 0 Å². The van der Waals surface area contributed by atoms with Crippen LogP contribution in [0.4, 0.5) is 5.82 Å². The minimum absolute atomic E-state index is 0.0470. The summed E-state index contributed by atoms with van der Waals surface area (Å²) in [6.45, 7) is 2.06. The van der Waals surface area contributed by atoms with Gasteiger partial charge in [-0.25, -0.2) is 9.97 Å². The van der Waals surface area contributed by atoms with Crippen LogP contribution in [-0.4, -0.2) is 27.7 Å². The van der Waals surface area contributed by atoms with Crippen molar-refractivity contribution in [2.24, 2.45) is 0 Å². The van der Waals surface area contributed by atoms with Crippen molar-refractivity contribution < 1.29 is 5.11 Å². The molecule has 2 N–H and O–H groups in total. The van der Waals surface area contributed by atoms with Gasteiger partial charge in [-0.05, 0) is 29.7 Å². The van der Waals surface area contributed by atoms with Gasteiger partial charge in [-0.1, -0.05) is 37.3 Å². The van der Waals surface area contributed by atoms with Gasteiger partial charge in [0.2, 0.25) is 5.28 Å². The van der Waals surface area contributed by atoms with Crippen molar-refractivity contribution in [2.75, 3.05) is 11.9 Å². The van der Waals surface area contributed by atoms with E-state index < -0.39 is 0 Å². The smallest absolute Gasteiger partial charge is 0.225 e. The van der Waals surface area contributed by atoms with Gasteiger partial charge in [0.1, 0.15) is 10.6 Å². The van der Waals surface area contributed by atoms with Gasteiger partial charge in [0, 0.05) is 4.88 Å². The first-order chi connectivity index (χ1) is 10.7. The van der Waals surface area contributed by atoms with Crippen molar-refractivity contribution in [3.8, 4) is 10.4 Å². The van der Waals surface area contributed by atoms with E-state index in [0.29, 0.717) is 5.82 Å². The fourth-order valence-corrected chi connectivity index (χ4v) is 3.48. The molecule has 0 radical (unpaired) electrons. The fraction of sp³-hybridized carbons (Fsp3) is 0.250. The van der Waals surface area contributed by atoms with Crippen LogP contribution in [0.1, 0.15) is 13.3 Å². The second kappa shape index (κ2) is 6.60. The summed E-state index contributed by atoms with van der Waals surface area (Å²) >= 11 is 7.61. The number of hydrogen-bond acceptors (Lipinski definition) is 5. The predicted molar refractivity (Wildman–Crippen MR) is 92.6 cm³/mol. The van der Waals surface area contributed by atoms with E-state index in [1.165, 1.54) is 0 Å². The van der Waals surface area contributed by atoms with E-state index in [2.05, 4.69) is 33.5 Å². The molecule has 2 heterocycles. The van der Waals surface area contributed by atoms with Crippen LogP contribution in [0, 0.1) is 0 Å². The fourth-order valence-electron chi connectivity index (χ4n) is 2.22. The van der Waals surface area contributed by atoms with Crippen LogP contribution in [0.15, 0.2) is 36.4 Å². The zero-order chi connectivity index (χ0) is 15.5. The number of aliphatic hydroxyl groups is 1. The van der Waals surface area contributed by atoms with E-state index in [0.717, 1.165) is 27.1 Å². The number of benzene rings is 1. The topological polar surface area (TPSA) is 58.0 Å². The number of halogens is 1. The Kier molecular flexibility index (Phi) is 4.57. The molecule has 0 saturated carbocycles. The molecule has 3 aromatic rings. The first-order valence-electron chi connectivity index (χ1n) is 7.11. The summed E-state index contributed by atoms with van der Waals surface area (Å²) < 4.78 is 0. The Hall–Kier alpha value is -1.69. The second-order valence-electron chi connectivity index (χ2n) is 4.97. The first-order valence-corrected chi connectivity index (χ1v) is 8.30. The number of aliphatic hydroxyl groups excluding tert-OH is 1. The van der Waals surface area contributed by atoms with Crippen LogP contribution in [0.2, 0.25) is 5.28 Å². The zero-order valence-corrected chi connectivity index (χ0v) is 13.7. The Morgan fingerprint density at radius 2 is 2.05 bits per heavy atom. The van der Waals surface area contributed by atoms with Crippen molar-refractivity contribution in [1.29, 1.82) is 0 Å². The second-order valence-corrected chi connectivity index (χ2v) is 6.34. The SMILES string of the molecule is CCC(CO)Nc1nc(Cl)nc2sc(-c3ccccc3)cc12. The minimum atomic E-state index is -0.0470. The van der Waals surface area contributed by atoms with Crippen molar-refractivity contribution >= 4 is 39.0 Å². The van der Waals surface area contributed by atoms with Gasteiger partial charge in [0.25, 0.3) is 0 Å². The van der Waals surface area contributed by atoms with E-state index in [1.807, 2.05) is 25.1 Å². The van der Waals surface area contributed by atoms with Gasteiger partial charge in [-0.2, -0.15) is 0 Å². The van der Waals surface area contributed by atoms with Crippen molar-refractivity contribution in [1.82, 2.24) is 9.97 Å². The number of anilines is 1. The number of rotatable bonds is 5. The van der Waals surface area contributed by atoms with E-state index in [4.69, 9.17) is 11.6 Å². The number of thiophene rings is 1. The van der Waals surface area contributed by atoms with Crippen LogP contribution >= 0.6 is 22.9 Å². The van der Waals surface area contributed by atoms with Crippen LogP contribution in [0.3, 0.4) is 0 Å². The summed E-state index contributed by atoms with van der Waals surface area (Å²) in [5.41, 5.74) is 1.14. The molecule has 0 fully saturated rings. The molecule has 1 atom stereocenters. The standard InChI is InChI=1S/C16H16ClN3OS/c1-2-11(9-21)18-14-12-8-13(10-6-4-3-5-7-10)22-15(12)20-16(17)19-14/h3-8,11,21H,2,9H2,1H3,(H,18,19,20). The van der Waals surface area contributed by atoms with Crippen molar-refractivity contribution in [3.63, 3.8) is 0 Å². The van der Waals surface area contributed by atoms with E-state index in [-0.39, 0.29) is 17.9 Å². The van der Waals surface area contributed by atoms with Gasteiger partial charge in [0.15, 0.2) is 0 Å². The highest BCUT2D eigenvalue weighted by Crippen LogP contribution is 2.36. The maximum absolute atomic E-state index is 9.38. The Morgan fingerprint density at radius 1 is 1.27 bits per heavy atom. The first kappa shape index (κ1) is 15.2. The lowest BCUT2D eigenvalue weighted by Gasteiger charge is -2.15. The number of nitrogens with one attached hydrogen (secondary N) is 1.